The highest BCUT2D eigenvalue weighted by molar-refractivity contribution is 5.90. The number of rotatable bonds is 4. The first-order valence-electron chi connectivity index (χ1n) is 6.70. The molecule has 0 spiro atoms. The van der Waals surface area contributed by atoms with Crippen molar-refractivity contribution in [3.63, 3.8) is 0 Å². The van der Waals surface area contributed by atoms with E-state index in [4.69, 9.17) is 19.3 Å². The summed E-state index contributed by atoms with van der Waals surface area (Å²) >= 11 is 0. The Morgan fingerprint density at radius 1 is 1.36 bits per heavy atom. The van der Waals surface area contributed by atoms with Crippen LogP contribution in [0.3, 0.4) is 0 Å². The third-order valence-electron chi connectivity index (χ3n) is 3.08. The van der Waals surface area contributed by atoms with E-state index in [0.717, 1.165) is 18.4 Å². The number of carboxylic acids is 1. The van der Waals surface area contributed by atoms with Gasteiger partial charge in [0.25, 0.3) is 0 Å². The molecule has 0 fully saturated rings. The van der Waals surface area contributed by atoms with E-state index >= 15 is 0 Å². The van der Waals surface area contributed by atoms with Crippen molar-refractivity contribution >= 4 is 5.97 Å². The van der Waals surface area contributed by atoms with Crippen LogP contribution < -0.4 is 4.74 Å². The van der Waals surface area contributed by atoms with Gasteiger partial charge in [-0.1, -0.05) is 18.2 Å². The lowest BCUT2D eigenvalue weighted by Gasteiger charge is -2.19. The van der Waals surface area contributed by atoms with E-state index in [-0.39, 0.29) is 17.4 Å². The van der Waals surface area contributed by atoms with Crippen LogP contribution >= 0.6 is 0 Å². The summed E-state index contributed by atoms with van der Waals surface area (Å²) in [6.45, 7) is 0. The highest BCUT2D eigenvalue weighted by Gasteiger charge is 2.19. The zero-order valence-electron chi connectivity index (χ0n) is 11.6. The summed E-state index contributed by atoms with van der Waals surface area (Å²) in [5.74, 6) is -0.608. The molecule has 0 atom stereocenters. The summed E-state index contributed by atoms with van der Waals surface area (Å²) in [7, 11) is 0. The molecular formula is C16H13NO5. The third kappa shape index (κ3) is 3.01. The second-order valence-electron chi connectivity index (χ2n) is 4.58. The van der Waals surface area contributed by atoms with Crippen molar-refractivity contribution in [1.29, 1.82) is 0 Å². The SMILES string of the molecule is O=C(O)c1cccnc1OC1=COC=C(C2=CC=CCC2)O1. The largest absolute Gasteiger partial charge is 0.477 e. The number of ether oxygens (including phenoxy) is 3. The van der Waals surface area contributed by atoms with Crippen LogP contribution in [-0.4, -0.2) is 16.1 Å². The van der Waals surface area contributed by atoms with Crippen molar-refractivity contribution < 1.29 is 24.1 Å². The summed E-state index contributed by atoms with van der Waals surface area (Å²) < 4.78 is 16.2. The lowest BCUT2D eigenvalue weighted by molar-refractivity contribution is 0.0685. The number of aromatic nitrogens is 1. The van der Waals surface area contributed by atoms with Gasteiger partial charge in [0, 0.05) is 6.20 Å². The topological polar surface area (TPSA) is 77.9 Å². The Bertz CT molecular complexity index is 715. The Morgan fingerprint density at radius 2 is 2.27 bits per heavy atom. The van der Waals surface area contributed by atoms with E-state index in [0.29, 0.717) is 5.76 Å². The van der Waals surface area contributed by atoms with E-state index in [9.17, 15) is 4.79 Å². The van der Waals surface area contributed by atoms with Gasteiger partial charge in [0.1, 0.15) is 11.8 Å². The van der Waals surface area contributed by atoms with Gasteiger partial charge in [-0.2, -0.15) is 0 Å². The van der Waals surface area contributed by atoms with Crippen molar-refractivity contribution in [3.05, 3.63) is 71.9 Å². The molecule has 2 heterocycles. The Morgan fingerprint density at radius 3 is 3.05 bits per heavy atom. The Kier molecular flexibility index (Phi) is 3.91. The molecule has 2 aliphatic rings. The average Bonchev–Trinajstić information content (AvgIpc) is 2.56. The Hall–Kier alpha value is -3.02. The van der Waals surface area contributed by atoms with Crippen LogP contribution in [0, 0.1) is 0 Å². The molecule has 0 unspecified atom stereocenters. The van der Waals surface area contributed by atoms with E-state index in [1.165, 1.54) is 30.9 Å². The smallest absolute Gasteiger partial charge is 0.341 e. The van der Waals surface area contributed by atoms with Crippen LogP contribution in [0.4, 0.5) is 0 Å². The van der Waals surface area contributed by atoms with Crippen LogP contribution in [0.25, 0.3) is 0 Å². The van der Waals surface area contributed by atoms with Crippen LogP contribution in [0.15, 0.2) is 66.4 Å². The molecule has 1 N–H and O–H groups in total. The van der Waals surface area contributed by atoms with Crippen molar-refractivity contribution in [3.8, 4) is 5.88 Å². The highest BCUT2D eigenvalue weighted by atomic mass is 16.7. The fourth-order valence-corrected chi connectivity index (χ4v) is 2.03. The number of allylic oxidation sites excluding steroid dienone is 4. The number of nitrogens with zero attached hydrogens (tertiary/aromatic N) is 1. The van der Waals surface area contributed by atoms with Crippen molar-refractivity contribution in [2.45, 2.75) is 12.8 Å². The molecule has 3 rings (SSSR count). The lowest BCUT2D eigenvalue weighted by atomic mass is 10.0. The fourth-order valence-electron chi connectivity index (χ4n) is 2.03. The van der Waals surface area contributed by atoms with E-state index in [1.54, 1.807) is 0 Å². The van der Waals surface area contributed by atoms with Gasteiger partial charge < -0.3 is 19.3 Å². The van der Waals surface area contributed by atoms with Gasteiger partial charge in [-0.05, 0) is 30.5 Å². The van der Waals surface area contributed by atoms with E-state index < -0.39 is 5.97 Å². The average molecular weight is 299 g/mol. The molecule has 0 saturated carbocycles. The van der Waals surface area contributed by atoms with Crippen LogP contribution in [0.5, 0.6) is 5.88 Å². The van der Waals surface area contributed by atoms with E-state index in [2.05, 4.69) is 11.1 Å². The highest BCUT2D eigenvalue weighted by Crippen LogP contribution is 2.27. The minimum Gasteiger partial charge on any atom is -0.477 e. The molecule has 112 valence electrons. The Labute approximate surface area is 126 Å². The molecule has 0 amide bonds. The first kappa shape index (κ1) is 13.9. The van der Waals surface area contributed by atoms with Crippen LogP contribution in [0.2, 0.25) is 0 Å². The number of hydrogen-bond acceptors (Lipinski definition) is 5. The van der Waals surface area contributed by atoms with Gasteiger partial charge in [0.2, 0.25) is 5.88 Å². The zero-order valence-corrected chi connectivity index (χ0v) is 11.6. The van der Waals surface area contributed by atoms with Gasteiger partial charge in [0.05, 0.1) is 0 Å². The second kappa shape index (κ2) is 6.17. The Balaban J connectivity index is 1.75. The molecule has 0 bridgehead atoms. The van der Waals surface area contributed by atoms with Crippen molar-refractivity contribution in [2.24, 2.45) is 0 Å². The van der Waals surface area contributed by atoms with Crippen LogP contribution in [0.1, 0.15) is 23.2 Å². The minimum absolute atomic E-state index is 0.0363. The van der Waals surface area contributed by atoms with Gasteiger partial charge in [-0.3, -0.25) is 0 Å². The molecule has 6 heteroatoms. The van der Waals surface area contributed by atoms with Gasteiger partial charge in [-0.25, -0.2) is 9.78 Å². The van der Waals surface area contributed by atoms with Gasteiger partial charge in [0.15, 0.2) is 12.0 Å². The summed E-state index contributed by atoms with van der Waals surface area (Å²) in [6.07, 6.45) is 11.9. The molecular weight excluding hydrogens is 286 g/mol. The number of aromatic carboxylic acids is 1. The quantitative estimate of drug-likeness (QED) is 0.920. The molecule has 1 aromatic rings. The summed E-state index contributed by atoms with van der Waals surface area (Å²) in [5, 5.41) is 9.11. The maximum Gasteiger partial charge on any atom is 0.341 e. The summed E-state index contributed by atoms with van der Waals surface area (Å²) in [4.78, 5) is 15.0. The van der Waals surface area contributed by atoms with Crippen molar-refractivity contribution in [1.82, 2.24) is 4.98 Å². The second-order valence-corrected chi connectivity index (χ2v) is 4.58. The molecule has 1 aliphatic carbocycles. The summed E-state index contributed by atoms with van der Waals surface area (Å²) in [5.41, 5.74) is 0.930. The first-order chi connectivity index (χ1) is 10.7. The lowest BCUT2D eigenvalue weighted by Crippen LogP contribution is -2.11. The molecule has 0 radical (unpaired) electrons. The normalized spacial score (nSPS) is 16.6. The van der Waals surface area contributed by atoms with Crippen molar-refractivity contribution in [2.75, 3.05) is 0 Å². The molecule has 0 aromatic carbocycles. The standard InChI is InChI=1S/C16H13NO5/c18-16(19)12-7-4-8-17-15(12)22-14-10-20-9-13(21-14)11-5-2-1-3-6-11/h1-2,4-5,7-10H,3,6H2,(H,18,19). The molecule has 22 heavy (non-hydrogen) atoms. The maximum atomic E-state index is 11.1. The van der Waals surface area contributed by atoms with E-state index in [1.807, 2.05) is 12.2 Å². The number of carboxylic acid groups (broad SMARTS) is 1. The molecule has 1 aliphatic heterocycles. The monoisotopic (exact) mass is 299 g/mol. The number of pyridine rings is 1. The zero-order chi connectivity index (χ0) is 15.4. The minimum atomic E-state index is -1.13. The third-order valence-corrected chi connectivity index (χ3v) is 3.08. The molecule has 6 nitrogen and oxygen atoms in total. The number of hydrogen-bond donors (Lipinski definition) is 1. The van der Waals surface area contributed by atoms with Crippen LogP contribution in [-0.2, 0) is 9.47 Å². The van der Waals surface area contributed by atoms with Gasteiger partial charge in [-0.15, -0.1) is 0 Å². The summed E-state index contributed by atoms with van der Waals surface area (Å²) in [6, 6.07) is 2.92. The number of carbonyl (C=O) groups is 1. The predicted molar refractivity (Wildman–Crippen MR) is 76.6 cm³/mol. The van der Waals surface area contributed by atoms with Gasteiger partial charge >= 0.3 is 11.9 Å². The fraction of sp³-hybridized carbons (Fsp3) is 0.125. The maximum absolute atomic E-state index is 11.1. The molecule has 0 saturated heterocycles. The first-order valence-corrected chi connectivity index (χ1v) is 6.70. The predicted octanol–water partition coefficient (Wildman–Crippen LogP) is 3.12. The molecule has 1 aromatic heterocycles.